The van der Waals surface area contributed by atoms with Gasteiger partial charge in [0.25, 0.3) is 0 Å². The summed E-state index contributed by atoms with van der Waals surface area (Å²) in [5.41, 5.74) is 1.99. The van der Waals surface area contributed by atoms with Gasteiger partial charge in [-0.05, 0) is 32.6 Å². The number of piperidine rings is 1. The number of rotatable bonds is 6. The molecule has 2 amide bonds. The van der Waals surface area contributed by atoms with Gasteiger partial charge in [0.15, 0.2) is 0 Å². The molecule has 1 aromatic rings. The van der Waals surface area contributed by atoms with Crippen molar-refractivity contribution in [1.82, 2.24) is 19.8 Å². The number of nitrogens with one attached hydrogen (secondary N) is 1. The monoisotopic (exact) mass is 344 g/mol. The molecule has 3 atom stereocenters. The molecule has 2 heterocycles. The summed E-state index contributed by atoms with van der Waals surface area (Å²) in [5, 5.41) is 3.21. The molecule has 0 spiro atoms. The van der Waals surface area contributed by atoms with Crippen LogP contribution in [0.5, 0.6) is 0 Å². The molecular weight excluding hydrogens is 316 g/mol. The topological polar surface area (TPSA) is 67.2 Å². The van der Waals surface area contributed by atoms with Crippen molar-refractivity contribution in [3.63, 3.8) is 0 Å². The van der Waals surface area contributed by atoms with Gasteiger partial charge in [-0.3, -0.25) is 9.59 Å². The zero-order chi connectivity index (χ0) is 18.1. The summed E-state index contributed by atoms with van der Waals surface area (Å²) < 4.78 is 1.95. The molecule has 2 aliphatic rings. The van der Waals surface area contributed by atoms with E-state index in [-0.39, 0.29) is 29.8 Å². The second-order valence-electron chi connectivity index (χ2n) is 7.62. The largest absolute Gasteiger partial charge is 0.351 e. The molecule has 6 nitrogen and oxygen atoms in total. The first-order chi connectivity index (χ1) is 11.9. The van der Waals surface area contributed by atoms with E-state index in [2.05, 4.69) is 16.9 Å². The number of aromatic nitrogens is 2. The molecule has 6 heteroatoms. The minimum atomic E-state index is -0.137. The maximum atomic E-state index is 12.6. The molecule has 0 bridgehead atoms. The smallest absolute Gasteiger partial charge is 0.223 e. The van der Waals surface area contributed by atoms with Gasteiger partial charge in [-0.15, -0.1) is 6.58 Å². The number of imidazole rings is 1. The van der Waals surface area contributed by atoms with Gasteiger partial charge < -0.3 is 14.8 Å². The highest BCUT2D eigenvalue weighted by Gasteiger charge is 2.45. The van der Waals surface area contributed by atoms with Crippen molar-refractivity contribution < 1.29 is 9.59 Å². The second kappa shape index (κ2) is 7.02. The number of hydrogen-bond acceptors (Lipinski definition) is 3. The summed E-state index contributed by atoms with van der Waals surface area (Å²) in [5.74, 6) is 0.108. The SMILES string of the molecule is C=C(C)CC(C)C(=O)N[C@@H]1CCC(=O)N(C2CC2)[C@H]1c1cncn1C. The molecule has 3 rings (SSSR count). The van der Waals surface area contributed by atoms with E-state index in [4.69, 9.17) is 0 Å². The Hall–Kier alpha value is -2.11. The van der Waals surface area contributed by atoms with Crippen LogP contribution in [0, 0.1) is 5.92 Å². The second-order valence-corrected chi connectivity index (χ2v) is 7.62. The standard InChI is InChI=1S/C19H28N4O2/c1-12(2)9-13(3)19(25)21-15-7-8-17(24)23(14-5-6-14)18(15)16-10-20-11-22(16)4/h10-11,13-15,18H,1,5-9H2,2-4H3,(H,21,25)/t13?,15-,18-/m1/s1. The fourth-order valence-electron chi connectivity index (χ4n) is 3.79. The van der Waals surface area contributed by atoms with Crippen LogP contribution in [-0.2, 0) is 16.6 Å². The van der Waals surface area contributed by atoms with E-state index < -0.39 is 0 Å². The van der Waals surface area contributed by atoms with Crippen LogP contribution in [-0.4, -0.2) is 38.3 Å². The highest BCUT2D eigenvalue weighted by Crippen LogP contribution is 2.40. The Kier molecular flexibility index (Phi) is 4.97. The molecule has 1 aromatic heterocycles. The Bertz CT molecular complexity index is 677. The summed E-state index contributed by atoms with van der Waals surface area (Å²) in [6.45, 7) is 7.77. The summed E-state index contributed by atoms with van der Waals surface area (Å²) in [6, 6.07) is 0.0935. The van der Waals surface area contributed by atoms with Crippen molar-refractivity contribution in [3.05, 3.63) is 30.4 Å². The van der Waals surface area contributed by atoms with E-state index in [0.29, 0.717) is 25.3 Å². The van der Waals surface area contributed by atoms with Gasteiger partial charge in [0, 0.05) is 25.4 Å². The summed E-state index contributed by atoms with van der Waals surface area (Å²) in [6.07, 6.45) is 7.51. The number of likely N-dealkylation sites (tertiary alicyclic amines) is 1. The van der Waals surface area contributed by atoms with Crippen LogP contribution in [0.3, 0.4) is 0 Å². The summed E-state index contributed by atoms with van der Waals surface area (Å²) in [7, 11) is 1.94. The lowest BCUT2D eigenvalue weighted by Crippen LogP contribution is -2.54. The van der Waals surface area contributed by atoms with Crippen LogP contribution < -0.4 is 5.32 Å². The quantitative estimate of drug-likeness (QED) is 0.806. The van der Waals surface area contributed by atoms with Gasteiger partial charge >= 0.3 is 0 Å². The molecule has 136 valence electrons. The van der Waals surface area contributed by atoms with Crippen LogP contribution in [0.4, 0.5) is 0 Å². The molecule has 1 aliphatic carbocycles. The van der Waals surface area contributed by atoms with Crippen molar-refractivity contribution in [1.29, 1.82) is 0 Å². The van der Waals surface area contributed by atoms with Crippen molar-refractivity contribution in [2.24, 2.45) is 13.0 Å². The fraction of sp³-hybridized carbons (Fsp3) is 0.632. The summed E-state index contributed by atoms with van der Waals surface area (Å²) in [4.78, 5) is 31.4. The van der Waals surface area contributed by atoms with Gasteiger partial charge in [-0.2, -0.15) is 0 Å². The van der Waals surface area contributed by atoms with Crippen molar-refractivity contribution in [2.75, 3.05) is 0 Å². The average molecular weight is 344 g/mol. The predicted molar refractivity (Wildman–Crippen MR) is 95.6 cm³/mol. The number of carbonyl (C=O) groups excluding carboxylic acids is 2. The molecule has 1 saturated heterocycles. The van der Waals surface area contributed by atoms with Gasteiger partial charge in [0.2, 0.25) is 11.8 Å². The van der Waals surface area contributed by atoms with Crippen molar-refractivity contribution >= 4 is 11.8 Å². The number of aryl methyl sites for hydroxylation is 1. The maximum absolute atomic E-state index is 12.6. The fourth-order valence-corrected chi connectivity index (χ4v) is 3.79. The zero-order valence-corrected chi connectivity index (χ0v) is 15.4. The molecule has 2 fully saturated rings. The third-order valence-corrected chi connectivity index (χ3v) is 5.17. The Balaban J connectivity index is 1.83. The van der Waals surface area contributed by atoms with Crippen LogP contribution >= 0.6 is 0 Å². The number of allylic oxidation sites excluding steroid dienone is 1. The number of hydrogen-bond donors (Lipinski definition) is 1. The van der Waals surface area contributed by atoms with Gasteiger partial charge in [-0.25, -0.2) is 4.98 Å². The van der Waals surface area contributed by atoms with E-state index >= 15 is 0 Å². The van der Waals surface area contributed by atoms with Crippen molar-refractivity contribution in [3.8, 4) is 0 Å². The Labute approximate surface area is 149 Å². The first-order valence-electron chi connectivity index (χ1n) is 9.10. The van der Waals surface area contributed by atoms with Crippen LogP contribution in [0.25, 0.3) is 0 Å². The third-order valence-electron chi connectivity index (χ3n) is 5.17. The minimum absolute atomic E-state index is 0.0327. The van der Waals surface area contributed by atoms with Gasteiger partial charge in [-0.1, -0.05) is 12.5 Å². The molecular formula is C19H28N4O2. The molecule has 1 saturated carbocycles. The van der Waals surface area contributed by atoms with E-state index in [1.807, 2.05) is 36.6 Å². The lowest BCUT2D eigenvalue weighted by molar-refractivity contribution is -0.140. The maximum Gasteiger partial charge on any atom is 0.223 e. The lowest BCUT2D eigenvalue weighted by Gasteiger charge is -2.42. The highest BCUT2D eigenvalue weighted by atomic mass is 16.2. The van der Waals surface area contributed by atoms with Crippen LogP contribution in [0.1, 0.15) is 57.7 Å². The molecule has 25 heavy (non-hydrogen) atoms. The highest BCUT2D eigenvalue weighted by molar-refractivity contribution is 5.81. The number of nitrogens with zero attached hydrogens (tertiary/aromatic N) is 3. The number of carbonyl (C=O) groups is 2. The first kappa shape index (κ1) is 17.7. The third kappa shape index (κ3) is 3.78. The van der Waals surface area contributed by atoms with E-state index in [1.54, 1.807) is 6.33 Å². The van der Waals surface area contributed by atoms with Gasteiger partial charge in [0.05, 0.1) is 30.3 Å². The Morgan fingerprint density at radius 2 is 2.16 bits per heavy atom. The Morgan fingerprint density at radius 1 is 1.44 bits per heavy atom. The van der Waals surface area contributed by atoms with E-state index in [0.717, 1.165) is 24.1 Å². The van der Waals surface area contributed by atoms with E-state index in [1.165, 1.54) is 0 Å². The van der Waals surface area contributed by atoms with Crippen LogP contribution in [0.15, 0.2) is 24.7 Å². The molecule has 1 aliphatic heterocycles. The average Bonchev–Trinajstić information content (AvgIpc) is 3.29. The molecule has 1 unspecified atom stereocenters. The molecule has 1 N–H and O–H groups in total. The molecule has 0 radical (unpaired) electrons. The normalized spacial score (nSPS) is 24.9. The lowest BCUT2D eigenvalue weighted by atomic mass is 9.91. The molecule has 0 aromatic carbocycles. The zero-order valence-electron chi connectivity index (χ0n) is 15.4. The van der Waals surface area contributed by atoms with Gasteiger partial charge in [0.1, 0.15) is 0 Å². The van der Waals surface area contributed by atoms with E-state index in [9.17, 15) is 9.59 Å². The summed E-state index contributed by atoms with van der Waals surface area (Å²) >= 11 is 0. The number of amides is 2. The first-order valence-corrected chi connectivity index (χ1v) is 9.10. The Morgan fingerprint density at radius 3 is 2.72 bits per heavy atom. The predicted octanol–water partition coefficient (Wildman–Crippen LogP) is 2.33. The van der Waals surface area contributed by atoms with Crippen LogP contribution in [0.2, 0.25) is 0 Å². The minimum Gasteiger partial charge on any atom is -0.351 e. The van der Waals surface area contributed by atoms with Crippen molar-refractivity contribution in [2.45, 2.75) is 64.1 Å².